The molecule has 0 radical (unpaired) electrons. The van der Waals surface area contributed by atoms with Gasteiger partial charge in [0.2, 0.25) is 5.91 Å². The molecule has 1 atom stereocenters. The van der Waals surface area contributed by atoms with Crippen LogP contribution in [-0.4, -0.2) is 44.0 Å². The van der Waals surface area contributed by atoms with Crippen LogP contribution in [0.25, 0.3) is 0 Å². The first kappa shape index (κ1) is 18.7. The van der Waals surface area contributed by atoms with Gasteiger partial charge in [0.05, 0.1) is 39.4 Å². The van der Waals surface area contributed by atoms with E-state index in [9.17, 15) is 14.7 Å². The smallest absolute Gasteiger partial charge is 0.228 e. The molecule has 22 heavy (non-hydrogen) atoms. The Balaban J connectivity index is 2.34. The van der Waals surface area contributed by atoms with E-state index >= 15 is 0 Å². The van der Waals surface area contributed by atoms with Gasteiger partial charge in [-0.3, -0.25) is 4.79 Å². The molecule has 1 N–H and O–H groups in total. The Morgan fingerprint density at radius 3 is 2.27 bits per heavy atom. The molecule has 0 spiro atoms. The molecule has 0 bridgehead atoms. The van der Waals surface area contributed by atoms with Gasteiger partial charge >= 0.3 is 0 Å². The van der Waals surface area contributed by atoms with Crippen LogP contribution in [0.15, 0.2) is 11.8 Å². The van der Waals surface area contributed by atoms with Crippen molar-refractivity contribution in [3.05, 3.63) is 11.8 Å². The first-order valence-corrected chi connectivity index (χ1v) is 8.06. The molecule has 1 rings (SSSR count). The fourth-order valence-electron chi connectivity index (χ4n) is 2.47. The highest BCUT2D eigenvalue weighted by Crippen LogP contribution is 2.51. The number of carboxylic acid groups (broad SMARTS) is 1. The van der Waals surface area contributed by atoms with Gasteiger partial charge in [-0.15, -0.1) is 0 Å². The second kappa shape index (κ2) is 7.27. The van der Waals surface area contributed by atoms with Crippen molar-refractivity contribution in [2.24, 2.45) is 11.3 Å². The third-order valence-corrected chi connectivity index (χ3v) is 4.19. The quantitative estimate of drug-likeness (QED) is 0.393. The Kier molecular flexibility index (Phi) is 6.17. The molecule has 0 aromatic carbocycles. The van der Waals surface area contributed by atoms with Gasteiger partial charge in [0.25, 0.3) is 0 Å². The summed E-state index contributed by atoms with van der Waals surface area (Å²) < 4.78 is 0.938. The SMILES string of the molecule is CC1(C)CC1C(=O)N/C(=C\CCCCC[N+](C)(C)C)C(=O)[O-]. The number of carboxylic acids is 1. The van der Waals surface area contributed by atoms with Crippen molar-refractivity contribution in [3.63, 3.8) is 0 Å². The van der Waals surface area contributed by atoms with Crippen LogP contribution in [0, 0.1) is 11.3 Å². The van der Waals surface area contributed by atoms with Crippen molar-refractivity contribution in [2.75, 3.05) is 27.7 Å². The van der Waals surface area contributed by atoms with Gasteiger partial charge in [-0.05, 0) is 37.5 Å². The summed E-state index contributed by atoms with van der Waals surface area (Å²) in [6, 6.07) is 0. The van der Waals surface area contributed by atoms with Gasteiger partial charge in [0.1, 0.15) is 0 Å². The fraction of sp³-hybridized carbons (Fsp3) is 0.765. The van der Waals surface area contributed by atoms with Crippen LogP contribution in [0.1, 0.15) is 46.0 Å². The number of nitrogens with one attached hydrogen (secondary N) is 1. The Hall–Kier alpha value is -1.36. The van der Waals surface area contributed by atoms with Crippen LogP contribution in [-0.2, 0) is 9.59 Å². The van der Waals surface area contributed by atoms with Crippen LogP contribution in [0.4, 0.5) is 0 Å². The van der Waals surface area contributed by atoms with Crippen LogP contribution in [0.5, 0.6) is 0 Å². The lowest BCUT2D eigenvalue weighted by molar-refractivity contribution is -0.870. The summed E-state index contributed by atoms with van der Waals surface area (Å²) in [5, 5.41) is 13.6. The number of carbonyl (C=O) groups excluding carboxylic acids is 2. The van der Waals surface area contributed by atoms with E-state index in [1.165, 1.54) is 0 Å². The summed E-state index contributed by atoms with van der Waals surface area (Å²) in [6.07, 6.45) is 6.12. The second-order valence-electron chi connectivity index (χ2n) is 8.00. The minimum absolute atomic E-state index is 0.00761. The van der Waals surface area contributed by atoms with Gasteiger partial charge in [0, 0.05) is 5.92 Å². The monoisotopic (exact) mass is 310 g/mol. The van der Waals surface area contributed by atoms with Crippen molar-refractivity contribution in [2.45, 2.75) is 46.0 Å². The van der Waals surface area contributed by atoms with Crippen LogP contribution < -0.4 is 10.4 Å². The fourth-order valence-corrected chi connectivity index (χ4v) is 2.47. The molecular weight excluding hydrogens is 280 g/mol. The third-order valence-electron chi connectivity index (χ3n) is 4.19. The predicted octanol–water partition coefficient (Wildman–Crippen LogP) is 1.05. The lowest BCUT2D eigenvalue weighted by Gasteiger charge is -2.23. The molecular formula is C17H30N2O3. The van der Waals surface area contributed by atoms with E-state index in [2.05, 4.69) is 26.5 Å². The zero-order chi connectivity index (χ0) is 17.0. The maximum atomic E-state index is 11.9. The number of nitrogens with zero attached hydrogens (tertiary/aromatic N) is 1. The Morgan fingerprint density at radius 1 is 1.23 bits per heavy atom. The lowest BCUT2D eigenvalue weighted by atomic mass is 10.1. The molecule has 0 saturated heterocycles. The first-order valence-electron chi connectivity index (χ1n) is 8.06. The summed E-state index contributed by atoms with van der Waals surface area (Å²) in [5.74, 6) is -1.59. The largest absolute Gasteiger partial charge is 0.543 e. The number of rotatable bonds is 9. The van der Waals surface area contributed by atoms with Gasteiger partial charge < -0.3 is 19.7 Å². The number of amides is 1. The number of aliphatic carboxylic acids is 1. The zero-order valence-electron chi connectivity index (χ0n) is 14.6. The van der Waals surface area contributed by atoms with Gasteiger partial charge in [-0.2, -0.15) is 0 Å². The number of hydrogen-bond donors (Lipinski definition) is 1. The highest BCUT2D eigenvalue weighted by molar-refractivity contribution is 5.93. The average molecular weight is 310 g/mol. The zero-order valence-corrected chi connectivity index (χ0v) is 14.6. The first-order chi connectivity index (χ1) is 10.0. The van der Waals surface area contributed by atoms with E-state index in [-0.39, 0.29) is 22.9 Å². The van der Waals surface area contributed by atoms with E-state index in [0.717, 1.165) is 36.7 Å². The summed E-state index contributed by atoms with van der Waals surface area (Å²) in [4.78, 5) is 23.0. The van der Waals surface area contributed by atoms with Crippen molar-refractivity contribution in [3.8, 4) is 0 Å². The number of allylic oxidation sites excluding steroid dienone is 1. The van der Waals surface area contributed by atoms with Gasteiger partial charge in [-0.25, -0.2) is 0 Å². The summed E-state index contributed by atoms with van der Waals surface area (Å²) in [7, 11) is 6.47. The normalized spacial score (nSPS) is 20.6. The molecule has 5 heteroatoms. The Morgan fingerprint density at radius 2 is 1.82 bits per heavy atom. The molecule has 1 aliphatic carbocycles. The molecule has 1 saturated carbocycles. The van der Waals surface area contributed by atoms with Crippen LogP contribution in [0.2, 0.25) is 0 Å². The van der Waals surface area contributed by atoms with Gasteiger partial charge in [-0.1, -0.05) is 19.9 Å². The van der Waals surface area contributed by atoms with Gasteiger partial charge in [0.15, 0.2) is 0 Å². The molecule has 0 aliphatic heterocycles. The lowest BCUT2D eigenvalue weighted by Crippen LogP contribution is -2.36. The van der Waals surface area contributed by atoms with Crippen LogP contribution >= 0.6 is 0 Å². The summed E-state index contributed by atoms with van der Waals surface area (Å²) in [6.45, 7) is 5.12. The molecule has 5 nitrogen and oxygen atoms in total. The molecule has 126 valence electrons. The Bertz CT molecular complexity index is 447. The van der Waals surface area contributed by atoms with E-state index in [4.69, 9.17) is 0 Å². The van der Waals surface area contributed by atoms with Crippen molar-refractivity contribution in [1.29, 1.82) is 0 Å². The Labute approximate surface area is 134 Å². The standard InChI is InChI=1S/C17H30N2O3/c1-17(2)12-13(17)15(20)18-14(16(21)22)10-8-6-7-9-11-19(3,4)5/h10,13H,6-9,11-12H2,1-5H3,(H-,18,20,21,22)/b14-10-. The molecule has 0 heterocycles. The topological polar surface area (TPSA) is 69.2 Å². The summed E-state index contributed by atoms with van der Waals surface area (Å²) in [5.41, 5.74) is -0.0916. The summed E-state index contributed by atoms with van der Waals surface area (Å²) >= 11 is 0. The maximum Gasteiger partial charge on any atom is 0.228 e. The highest BCUT2D eigenvalue weighted by atomic mass is 16.4. The predicted molar refractivity (Wildman–Crippen MR) is 84.5 cm³/mol. The number of carbonyl (C=O) groups is 2. The molecule has 1 fully saturated rings. The van der Waals surface area contributed by atoms with Crippen molar-refractivity contribution in [1.82, 2.24) is 5.32 Å². The van der Waals surface area contributed by atoms with Crippen molar-refractivity contribution < 1.29 is 19.2 Å². The molecule has 1 aliphatic rings. The highest BCUT2D eigenvalue weighted by Gasteiger charge is 2.50. The van der Waals surface area contributed by atoms with Crippen molar-refractivity contribution >= 4 is 11.9 Å². The minimum Gasteiger partial charge on any atom is -0.543 e. The minimum atomic E-state index is -1.31. The maximum absolute atomic E-state index is 11.9. The molecule has 1 unspecified atom stereocenters. The number of unbranched alkanes of at least 4 members (excludes halogenated alkanes) is 3. The molecule has 0 aromatic heterocycles. The average Bonchev–Trinajstić information content (AvgIpc) is 2.99. The number of quaternary nitrogens is 1. The molecule has 0 aromatic rings. The van der Waals surface area contributed by atoms with E-state index < -0.39 is 5.97 Å². The van der Waals surface area contributed by atoms with E-state index in [0.29, 0.717) is 6.42 Å². The molecule has 1 amide bonds. The third kappa shape index (κ3) is 6.60. The van der Waals surface area contributed by atoms with Crippen LogP contribution in [0.3, 0.4) is 0 Å². The number of hydrogen-bond acceptors (Lipinski definition) is 3. The van der Waals surface area contributed by atoms with E-state index in [1.807, 2.05) is 13.8 Å². The second-order valence-corrected chi connectivity index (χ2v) is 8.00. The van der Waals surface area contributed by atoms with E-state index in [1.54, 1.807) is 6.08 Å².